The van der Waals surface area contributed by atoms with Gasteiger partial charge in [0.25, 0.3) is 0 Å². The van der Waals surface area contributed by atoms with E-state index in [0.29, 0.717) is 35.8 Å². The highest BCUT2D eigenvalue weighted by Crippen LogP contribution is 2.21. The van der Waals surface area contributed by atoms with Gasteiger partial charge in [0.2, 0.25) is 11.7 Å². The van der Waals surface area contributed by atoms with Gasteiger partial charge in [-0.3, -0.25) is 4.99 Å². The summed E-state index contributed by atoms with van der Waals surface area (Å²) >= 11 is 7.61. The summed E-state index contributed by atoms with van der Waals surface area (Å²) in [6, 6.07) is 7.32. The predicted molar refractivity (Wildman–Crippen MR) is 114 cm³/mol. The molecule has 0 aliphatic carbocycles. The molecule has 2 heterocycles. The van der Waals surface area contributed by atoms with Crippen molar-refractivity contribution in [3.8, 4) is 11.4 Å². The van der Waals surface area contributed by atoms with Gasteiger partial charge in [-0.1, -0.05) is 28.9 Å². The van der Waals surface area contributed by atoms with E-state index in [2.05, 4.69) is 25.4 Å². The number of nitrogens with zero attached hydrogens (tertiary/aromatic N) is 5. The summed E-state index contributed by atoms with van der Waals surface area (Å²) in [7, 11) is 5.35. The van der Waals surface area contributed by atoms with Crippen molar-refractivity contribution in [1.82, 2.24) is 25.3 Å². The number of rotatable bonds is 7. The lowest BCUT2D eigenvalue weighted by Crippen LogP contribution is -2.38. The standard InChI is InChI=1S/C19H23ClN6O2S/c1-12(27-4)18-23-15(11-29-18)10-26(3)19(21-2)22-9-16-24-17(25-28-16)13-6-5-7-14(20)8-13/h5-8,11-12H,9-10H2,1-4H3,(H,21,22). The van der Waals surface area contributed by atoms with E-state index in [0.717, 1.165) is 16.3 Å². The van der Waals surface area contributed by atoms with E-state index >= 15 is 0 Å². The molecule has 154 valence electrons. The lowest BCUT2D eigenvalue weighted by molar-refractivity contribution is 0.119. The third-order valence-corrected chi connectivity index (χ3v) is 5.48. The van der Waals surface area contributed by atoms with Crippen molar-refractivity contribution in [2.24, 2.45) is 4.99 Å². The van der Waals surface area contributed by atoms with Gasteiger partial charge in [-0.05, 0) is 19.1 Å². The van der Waals surface area contributed by atoms with Crippen molar-refractivity contribution >= 4 is 28.9 Å². The first kappa shape index (κ1) is 21.2. The summed E-state index contributed by atoms with van der Waals surface area (Å²) in [6.45, 7) is 2.95. The van der Waals surface area contributed by atoms with Crippen LogP contribution in [-0.2, 0) is 17.8 Å². The van der Waals surface area contributed by atoms with Crippen molar-refractivity contribution in [3.63, 3.8) is 0 Å². The number of aliphatic imine (C=N–C) groups is 1. The molecule has 0 radical (unpaired) electrons. The lowest BCUT2D eigenvalue weighted by atomic mass is 10.2. The van der Waals surface area contributed by atoms with Gasteiger partial charge < -0.3 is 19.5 Å². The maximum Gasteiger partial charge on any atom is 0.246 e. The first-order valence-corrected chi connectivity index (χ1v) is 10.2. The van der Waals surface area contributed by atoms with Gasteiger partial charge in [0.15, 0.2) is 5.96 Å². The zero-order valence-electron chi connectivity index (χ0n) is 16.7. The molecular formula is C19H23ClN6O2S. The fourth-order valence-corrected chi connectivity index (χ4v) is 3.64. The van der Waals surface area contributed by atoms with E-state index < -0.39 is 0 Å². The highest BCUT2D eigenvalue weighted by atomic mass is 35.5. The Morgan fingerprint density at radius 3 is 2.97 bits per heavy atom. The number of hydrogen-bond acceptors (Lipinski definition) is 7. The van der Waals surface area contributed by atoms with Crippen LogP contribution in [0.1, 0.15) is 29.6 Å². The average molecular weight is 435 g/mol. The molecule has 0 aliphatic rings. The molecule has 1 aromatic carbocycles. The van der Waals surface area contributed by atoms with Gasteiger partial charge in [0, 0.05) is 37.2 Å². The number of guanidine groups is 1. The largest absolute Gasteiger partial charge is 0.375 e. The Kier molecular flexibility index (Phi) is 7.18. The zero-order chi connectivity index (χ0) is 20.8. The monoisotopic (exact) mass is 434 g/mol. The van der Waals surface area contributed by atoms with Crippen molar-refractivity contribution < 1.29 is 9.26 Å². The molecular weight excluding hydrogens is 412 g/mol. The molecule has 0 spiro atoms. The molecule has 1 atom stereocenters. The lowest BCUT2D eigenvalue weighted by Gasteiger charge is -2.20. The average Bonchev–Trinajstić information content (AvgIpc) is 3.37. The molecule has 0 amide bonds. The number of ether oxygens (including phenoxy) is 1. The number of methoxy groups -OCH3 is 1. The smallest absolute Gasteiger partial charge is 0.246 e. The summed E-state index contributed by atoms with van der Waals surface area (Å²) in [6.07, 6.45) is -0.0114. The molecule has 0 saturated heterocycles. The molecule has 1 unspecified atom stereocenters. The number of nitrogens with one attached hydrogen (secondary N) is 1. The molecule has 0 fully saturated rings. The summed E-state index contributed by atoms with van der Waals surface area (Å²) in [5, 5.41) is 10.9. The second-order valence-electron chi connectivity index (χ2n) is 6.33. The highest BCUT2D eigenvalue weighted by Gasteiger charge is 2.14. The number of thiazole rings is 1. The Labute approximate surface area is 178 Å². The molecule has 0 aliphatic heterocycles. The van der Waals surface area contributed by atoms with Crippen LogP contribution in [0.5, 0.6) is 0 Å². The summed E-state index contributed by atoms with van der Waals surface area (Å²) in [5.74, 6) is 1.65. The third-order valence-electron chi connectivity index (χ3n) is 4.19. The van der Waals surface area contributed by atoms with Crippen LogP contribution in [-0.4, -0.2) is 47.2 Å². The maximum absolute atomic E-state index is 6.02. The first-order chi connectivity index (χ1) is 14.0. The van der Waals surface area contributed by atoms with Gasteiger partial charge in [-0.25, -0.2) is 4.98 Å². The fraction of sp³-hybridized carbons (Fsp3) is 0.368. The Balaban J connectivity index is 1.58. The van der Waals surface area contributed by atoms with Crippen LogP contribution in [0.25, 0.3) is 11.4 Å². The molecule has 3 rings (SSSR count). The minimum Gasteiger partial charge on any atom is -0.375 e. The van der Waals surface area contributed by atoms with Gasteiger partial charge in [0.1, 0.15) is 11.1 Å². The number of halogens is 1. The second-order valence-corrected chi connectivity index (χ2v) is 7.66. The Morgan fingerprint density at radius 1 is 1.41 bits per heavy atom. The van der Waals surface area contributed by atoms with Gasteiger partial charge in [-0.15, -0.1) is 11.3 Å². The maximum atomic E-state index is 6.02. The topological polar surface area (TPSA) is 88.7 Å². The van der Waals surface area contributed by atoms with Crippen LogP contribution in [0.2, 0.25) is 5.02 Å². The number of benzene rings is 1. The highest BCUT2D eigenvalue weighted by molar-refractivity contribution is 7.09. The van der Waals surface area contributed by atoms with Crippen LogP contribution >= 0.6 is 22.9 Å². The summed E-state index contributed by atoms with van der Waals surface area (Å²) < 4.78 is 10.6. The molecule has 2 aromatic heterocycles. The van der Waals surface area contributed by atoms with E-state index in [1.54, 1.807) is 37.6 Å². The van der Waals surface area contributed by atoms with Crippen LogP contribution in [0.3, 0.4) is 0 Å². The van der Waals surface area contributed by atoms with E-state index in [4.69, 9.17) is 20.9 Å². The van der Waals surface area contributed by atoms with Crippen LogP contribution in [0.15, 0.2) is 39.2 Å². The zero-order valence-corrected chi connectivity index (χ0v) is 18.3. The minimum absolute atomic E-state index is 0.0114. The van der Waals surface area contributed by atoms with E-state index in [-0.39, 0.29) is 6.10 Å². The van der Waals surface area contributed by atoms with Crippen LogP contribution in [0, 0.1) is 0 Å². The molecule has 10 heteroatoms. The molecule has 3 aromatic rings. The van der Waals surface area contributed by atoms with Crippen molar-refractivity contribution in [2.75, 3.05) is 21.2 Å². The van der Waals surface area contributed by atoms with Crippen molar-refractivity contribution in [2.45, 2.75) is 26.1 Å². The Hall–Kier alpha value is -2.49. The van der Waals surface area contributed by atoms with Crippen LogP contribution in [0.4, 0.5) is 0 Å². The Morgan fingerprint density at radius 2 is 2.24 bits per heavy atom. The normalized spacial score (nSPS) is 12.8. The van der Waals surface area contributed by atoms with E-state index in [1.807, 2.05) is 36.4 Å². The van der Waals surface area contributed by atoms with Gasteiger partial charge in [0.05, 0.1) is 18.8 Å². The van der Waals surface area contributed by atoms with Gasteiger partial charge in [-0.2, -0.15) is 4.98 Å². The molecule has 1 N–H and O–H groups in total. The molecule has 0 saturated carbocycles. The van der Waals surface area contributed by atoms with Gasteiger partial charge >= 0.3 is 0 Å². The second kappa shape index (κ2) is 9.82. The van der Waals surface area contributed by atoms with Crippen LogP contribution < -0.4 is 5.32 Å². The summed E-state index contributed by atoms with van der Waals surface area (Å²) in [5.41, 5.74) is 1.76. The fourth-order valence-electron chi connectivity index (χ4n) is 2.61. The number of aromatic nitrogens is 3. The first-order valence-electron chi connectivity index (χ1n) is 8.97. The number of hydrogen-bond donors (Lipinski definition) is 1. The van der Waals surface area contributed by atoms with Crippen molar-refractivity contribution in [1.29, 1.82) is 0 Å². The molecule has 29 heavy (non-hydrogen) atoms. The van der Waals surface area contributed by atoms with Crippen molar-refractivity contribution in [3.05, 3.63) is 51.3 Å². The van der Waals surface area contributed by atoms with E-state index in [1.165, 1.54) is 0 Å². The molecule has 8 nitrogen and oxygen atoms in total. The summed E-state index contributed by atoms with van der Waals surface area (Å²) in [4.78, 5) is 15.3. The minimum atomic E-state index is -0.0114. The molecule has 0 bridgehead atoms. The Bertz CT molecular complexity index is 973. The third kappa shape index (κ3) is 5.53. The predicted octanol–water partition coefficient (Wildman–Crippen LogP) is 3.76. The van der Waals surface area contributed by atoms with E-state index in [9.17, 15) is 0 Å². The SMILES string of the molecule is CN=C(NCc1nc(-c2cccc(Cl)c2)no1)N(C)Cc1csc(C(C)OC)n1. The quantitative estimate of drug-likeness (QED) is 0.447.